The molecule has 3 rings (SSSR count). The minimum atomic E-state index is -0.560. The summed E-state index contributed by atoms with van der Waals surface area (Å²) in [5.74, 6) is 0.977. The number of ketones is 1. The molecule has 0 spiro atoms. The summed E-state index contributed by atoms with van der Waals surface area (Å²) in [6.45, 7) is 2.70. The van der Waals surface area contributed by atoms with E-state index in [9.17, 15) is 4.79 Å². The molecule has 0 aromatic rings. The van der Waals surface area contributed by atoms with Crippen molar-refractivity contribution in [1.29, 1.82) is 0 Å². The highest BCUT2D eigenvalue weighted by Crippen LogP contribution is 2.42. The number of Topliss-reactive ketones (excluding diaryl/α,β-unsaturated/α-hetero) is 1. The van der Waals surface area contributed by atoms with Crippen molar-refractivity contribution in [3.05, 3.63) is 12.2 Å². The van der Waals surface area contributed by atoms with E-state index < -0.39 is 6.29 Å². The van der Waals surface area contributed by atoms with E-state index in [4.69, 9.17) is 9.47 Å². The molecule has 2 fully saturated rings. The molecule has 3 nitrogen and oxygen atoms in total. The molecule has 2 aliphatic heterocycles. The van der Waals surface area contributed by atoms with Crippen molar-refractivity contribution in [3.63, 3.8) is 0 Å². The first kappa shape index (κ1) is 8.62. The summed E-state index contributed by atoms with van der Waals surface area (Å²) in [6, 6.07) is 0. The predicted octanol–water partition coefficient (Wildman–Crippen LogP) is 1.14. The lowest BCUT2D eigenvalue weighted by Crippen LogP contribution is -2.47. The van der Waals surface area contributed by atoms with Crippen LogP contribution in [0, 0.1) is 17.8 Å². The van der Waals surface area contributed by atoms with Gasteiger partial charge in [-0.3, -0.25) is 4.79 Å². The topological polar surface area (TPSA) is 35.5 Å². The van der Waals surface area contributed by atoms with E-state index in [1.807, 2.05) is 0 Å². The fraction of sp³-hybridized carbons (Fsp3) is 0.727. The fourth-order valence-electron chi connectivity index (χ4n) is 2.91. The third-order valence-electron chi connectivity index (χ3n) is 3.62. The molecule has 0 saturated carbocycles. The normalized spacial score (nSPS) is 50.6. The van der Waals surface area contributed by atoms with Crippen molar-refractivity contribution in [2.24, 2.45) is 17.8 Å². The molecule has 5 unspecified atom stereocenters. The van der Waals surface area contributed by atoms with Crippen molar-refractivity contribution in [2.75, 3.05) is 6.61 Å². The maximum absolute atomic E-state index is 11.9. The maximum Gasteiger partial charge on any atom is 0.218 e. The highest BCUT2D eigenvalue weighted by atomic mass is 16.7. The number of carbonyl (C=O) groups excluding carboxylic acids is 1. The number of carbonyl (C=O) groups is 1. The SMILES string of the molecule is CC1C=CCC2C3COC(O3)C(=O)C12. The Balaban J connectivity index is 1.97. The molecule has 0 aromatic carbocycles. The van der Waals surface area contributed by atoms with E-state index in [1.54, 1.807) is 0 Å². The van der Waals surface area contributed by atoms with Gasteiger partial charge in [-0.15, -0.1) is 0 Å². The van der Waals surface area contributed by atoms with Gasteiger partial charge in [-0.05, 0) is 12.3 Å². The van der Waals surface area contributed by atoms with Crippen LogP contribution in [0.5, 0.6) is 0 Å². The second-order valence-corrected chi connectivity index (χ2v) is 4.45. The third-order valence-corrected chi connectivity index (χ3v) is 3.62. The van der Waals surface area contributed by atoms with Gasteiger partial charge in [0.1, 0.15) is 0 Å². The van der Waals surface area contributed by atoms with Crippen LogP contribution in [-0.2, 0) is 14.3 Å². The number of hydrogen-bond donors (Lipinski definition) is 0. The Morgan fingerprint density at radius 3 is 3.21 bits per heavy atom. The zero-order valence-electron chi connectivity index (χ0n) is 8.18. The molecule has 2 saturated heterocycles. The first-order valence-corrected chi connectivity index (χ1v) is 5.25. The number of fused-ring (bicyclic) bond motifs is 4. The van der Waals surface area contributed by atoms with Crippen LogP contribution in [0.3, 0.4) is 0 Å². The van der Waals surface area contributed by atoms with E-state index in [1.165, 1.54) is 0 Å². The zero-order chi connectivity index (χ0) is 9.71. The Morgan fingerprint density at radius 2 is 2.36 bits per heavy atom. The van der Waals surface area contributed by atoms with E-state index in [2.05, 4.69) is 19.1 Å². The maximum atomic E-state index is 11.9. The van der Waals surface area contributed by atoms with Crippen LogP contribution >= 0.6 is 0 Å². The summed E-state index contributed by atoms with van der Waals surface area (Å²) >= 11 is 0. The Kier molecular flexibility index (Phi) is 1.79. The fourth-order valence-corrected chi connectivity index (χ4v) is 2.91. The first-order chi connectivity index (χ1) is 6.77. The molecule has 2 bridgehead atoms. The summed E-state index contributed by atoms with van der Waals surface area (Å²) in [5, 5.41) is 0. The Morgan fingerprint density at radius 1 is 1.50 bits per heavy atom. The summed E-state index contributed by atoms with van der Waals surface area (Å²) < 4.78 is 10.9. The minimum absolute atomic E-state index is 0.131. The third kappa shape index (κ3) is 1.03. The molecule has 5 atom stereocenters. The van der Waals surface area contributed by atoms with Crippen LogP contribution in [0.1, 0.15) is 13.3 Å². The van der Waals surface area contributed by atoms with Crippen molar-refractivity contribution >= 4 is 5.78 Å². The van der Waals surface area contributed by atoms with Gasteiger partial charge in [-0.1, -0.05) is 19.1 Å². The number of hydrogen-bond acceptors (Lipinski definition) is 3. The highest BCUT2D eigenvalue weighted by molar-refractivity contribution is 5.86. The van der Waals surface area contributed by atoms with Gasteiger partial charge in [0, 0.05) is 11.8 Å². The van der Waals surface area contributed by atoms with Crippen LogP contribution < -0.4 is 0 Å². The Hall–Kier alpha value is -0.670. The summed E-state index contributed by atoms with van der Waals surface area (Å²) in [6.07, 6.45) is 4.86. The molecule has 0 N–H and O–H groups in total. The molecule has 1 aliphatic carbocycles. The summed E-state index contributed by atoms with van der Waals surface area (Å²) in [4.78, 5) is 11.9. The van der Waals surface area contributed by atoms with Gasteiger partial charge in [-0.25, -0.2) is 0 Å². The van der Waals surface area contributed by atoms with E-state index in [-0.39, 0.29) is 17.8 Å². The van der Waals surface area contributed by atoms with Crippen molar-refractivity contribution in [1.82, 2.24) is 0 Å². The molecule has 76 valence electrons. The lowest BCUT2D eigenvalue weighted by molar-refractivity contribution is -0.168. The van der Waals surface area contributed by atoms with Gasteiger partial charge < -0.3 is 9.47 Å². The molecular formula is C11H14O3. The lowest BCUT2D eigenvalue weighted by Gasteiger charge is -2.38. The smallest absolute Gasteiger partial charge is 0.218 e. The number of allylic oxidation sites excluding steroid dienone is 2. The average molecular weight is 194 g/mol. The van der Waals surface area contributed by atoms with E-state index in [0.717, 1.165) is 6.42 Å². The largest absolute Gasteiger partial charge is 0.343 e. The molecule has 0 amide bonds. The van der Waals surface area contributed by atoms with Gasteiger partial charge in [-0.2, -0.15) is 0 Å². The molecule has 0 aromatic heterocycles. The van der Waals surface area contributed by atoms with Gasteiger partial charge in [0.05, 0.1) is 12.7 Å². The van der Waals surface area contributed by atoms with Crippen molar-refractivity contribution in [3.8, 4) is 0 Å². The van der Waals surface area contributed by atoms with Crippen LogP contribution in [0.25, 0.3) is 0 Å². The Labute approximate surface area is 83.1 Å². The second-order valence-electron chi connectivity index (χ2n) is 4.45. The predicted molar refractivity (Wildman–Crippen MR) is 49.5 cm³/mol. The number of rotatable bonds is 0. The van der Waals surface area contributed by atoms with Gasteiger partial charge in [0.15, 0.2) is 5.78 Å². The van der Waals surface area contributed by atoms with Crippen molar-refractivity contribution < 1.29 is 14.3 Å². The molecule has 3 aliphatic rings. The lowest BCUT2D eigenvalue weighted by atomic mass is 9.71. The molecular weight excluding hydrogens is 180 g/mol. The van der Waals surface area contributed by atoms with Crippen LogP contribution in [-0.4, -0.2) is 24.8 Å². The molecule has 2 heterocycles. The zero-order valence-corrected chi connectivity index (χ0v) is 8.18. The van der Waals surface area contributed by atoms with E-state index in [0.29, 0.717) is 18.4 Å². The molecule has 14 heavy (non-hydrogen) atoms. The number of ether oxygens (including phenoxy) is 2. The summed E-state index contributed by atoms with van der Waals surface area (Å²) in [5.41, 5.74) is 0. The Bertz CT molecular complexity index is 297. The second kappa shape index (κ2) is 2.91. The quantitative estimate of drug-likeness (QED) is 0.542. The average Bonchev–Trinajstić information content (AvgIpc) is 2.60. The van der Waals surface area contributed by atoms with Gasteiger partial charge in [0.25, 0.3) is 0 Å². The van der Waals surface area contributed by atoms with Gasteiger partial charge >= 0.3 is 0 Å². The standard InChI is InChI=1S/C11H14O3/c1-6-3-2-4-7-8-5-13-11(14-8)10(12)9(6)7/h2-3,6-9,11H,4-5H2,1H3. The monoisotopic (exact) mass is 194 g/mol. The van der Waals surface area contributed by atoms with Crippen molar-refractivity contribution in [2.45, 2.75) is 25.7 Å². The minimum Gasteiger partial charge on any atom is -0.343 e. The summed E-state index contributed by atoms with van der Waals surface area (Å²) in [7, 11) is 0. The molecule has 0 radical (unpaired) electrons. The van der Waals surface area contributed by atoms with Crippen LogP contribution in [0.15, 0.2) is 12.2 Å². The first-order valence-electron chi connectivity index (χ1n) is 5.25. The van der Waals surface area contributed by atoms with E-state index >= 15 is 0 Å². The van der Waals surface area contributed by atoms with Gasteiger partial charge in [0.2, 0.25) is 6.29 Å². The highest BCUT2D eigenvalue weighted by Gasteiger charge is 2.51. The molecule has 3 heteroatoms. The van der Waals surface area contributed by atoms with Crippen LogP contribution in [0.4, 0.5) is 0 Å². The van der Waals surface area contributed by atoms with Crippen LogP contribution in [0.2, 0.25) is 0 Å².